The lowest BCUT2D eigenvalue weighted by molar-refractivity contribution is -0.0854. The summed E-state index contributed by atoms with van der Waals surface area (Å²) in [6.07, 6.45) is 0. The van der Waals surface area contributed by atoms with Gasteiger partial charge in [0.05, 0.1) is 31.8 Å². The molecular formula is C29H72O8Si6. The lowest BCUT2D eigenvalue weighted by Gasteiger charge is -2.44. The van der Waals surface area contributed by atoms with E-state index in [1.165, 1.54) is 0 Å². The van der Waals surface area contributed by atoms with Gasteiger partial charge in [-0.3, -0.25) is 0 Å². The maximum atomic E-state index is 10.3. The average Bonchev–Trinajstić information content (AvgIpc) is 2.76. The molecule has 0 aromatic heterocycles. The molecule has 260 valence electrons. The largest absolute Gasteiger partial charge is 0.436 e. The van der Waals surface area contributed by atoms with Gasteiger partial charge < -0.3 is 36.1 Å². The van der Waals surface area contributed by atoms with Crippen molar-refractivity contribution in [2.24, 2.45) is 17.3 Å². The molecule has 14 heteroatoms. The molecule has 0 fully saturated rings. The Labute approximate surface area is 272 Å². The summed E-state index contributed by atoms with van der Waals surface area (Å²) in [7, 11) is -12.2. The number of hydrogen-bond acceptors (Lipinski definition) is 8. The van der Waals surface area contributed by atoms with Crippen LogP contribution in [-0.2, 0) is 25.9 Å². The van der Waals surface area contributed by atoms with E-state index < -0.39 is 55.8 Å². The normalized spacial score (nSPS) is 17.6. The molecule has 0 aliphatic carbocycles. The Morgan fingerprint density at radius 1 is 0.465 bits per heavy atom. The molecule has 0 radical (unpaired) electrons. The summed E-state index contributed by atoms with van der Waals surface area (Å²) in [5.41, 5.74) is -0.435. The Hall–Kier alpha value is 0.981. The van der Waals surface area contributed by atoms with Crippen LogP contribution in [-0.4, -0.2) is 100 Å². The fourth-order valence-corrected chi connectivity index (χ4v) is 31.1. The minimum Gasteiger partial charge on any atom is -0.436 e. The Balaban J connectivity index is 5.40. The zero-order chi connectivity index (χ0) is 34.3. The lowest BCUT2D eigenvalue weighted by atomic mass is 9.92. The molecule has 0 saturated carbocycles. The second kappa shape index (κ2) is 16.9. The van der Waals surface area contributed by atoms with Crippen LogP contribution in [0.15, 0.2) is 0 Å². The van der Waals surface area contributed by atoms with Crippen LogP contribution in [0, 0.1) is 17.3 Å². The van der Waals surface area contributed by atoms with Crippen molar-refractivity contribution < 1.29 is 36.1 Å². The van der Waals surface area contributed by atoms with Crippen LogP contribution in [0.4, 0.5) is 0 Å². The third-order valence-electron chi connectivity index (χ3n) is 7.65. The molecular weight excluding hydrogens is 645 g/mol. The van der Waals surface area contributed by atoms with Gasteiger partial charge in [-0.2, -0.15) is 0 Å². The van der Waals surface area contributed by atoms with Gasteiger partial charge in [0.1, 0.15) is 0 Å². The van der Waals surface area contributed by atoms with Crippen molar-refractivity contribution in [1.82, 2.24) is 0 Å². The lowest BCUT2D eigenvalue weighted by Crippen LogP contribution is -2.56. The van der Waals surface area contributed by atoms with Gasteiger partial charge in [-0.15, -0.1) is 0 Å². The van der Waals surface area contributed by atoms with E-state index in [0.29, 0.717) is 13.2 Å². The van der Waals surface area contributed by atoms with E-state index >= 15 is 0 Å². The SMILES string of the molecule is CC(COCC(CO)(CO)COCC(C)C(C)[Si](C)(O[Si](C)(C)C)O[Si](C)(C)C)C(C)[Si](C)(O[Si](C)(C)C)O[Si](C)(C)C. The number of rotatable bonds is 22. The fraction of sp³-hybridized carbons (Fsp3) is 1.00. The minimum absolute atomic E-state index is 0.196. The second-order valence-electron chi connectivity index (χ2n) is 17.3. The predicted molar refractivity (Wildman–Crippen MR) is 196 cm³/mol. The van der Waals surface area contributed by atoms with Gasteiger partial charge in [0, 0.05) is 24.3 Å². The highest BCUT2D eigenvalue weighted by Crippen LogP contribution is 2.38. The van der Waals surface area contributed by atoms with Crippen molar-refractivity contribution in [3.8, 4) is 0 Å². The van der Waals surface area contributed by atoms with Gasteiger partial charge in [-0.1, -0.05) is 27.7 Å². The molecule has 0 aliphatic rings. The first-order valence-electron chi connectivity index (χ1n) is 16.2. The number of hydrogen-bond donors (Lipinski definition) is 2. The van der Waals surface area contributed by atoms with Crippen LogP contribution < -0.4 is 0 Å². The van der Waals surface area contributed by atoms with Gasteiger partial charge >= 0.3 is 17.1 Å². The van der Waals surface area contributed by atoms with Crippen molar-refractivity contribution in [3.63, 3.8) is 0 Å². The van der Waals surface area contributed by atoms with Crippen molar-refractivity contribution in [2.45, 2.75) is 130 Å². The van der Waals surface area contributed by atoms with Crippen LogP contribution in [0.3, 0.4) is 0 Å². The summed E-state index contributed by atoms with van der Waals surface area (Å²) >= 11 is 0. The first kappa shape index (κ1) is 44.0. The number of aliphatic hydroxyl groups excluding tert-OH is 2. The van der Waals surface area contributed by atoms with Crippen LogP contribution in [0.2, 0.25) is 103 Å². The topological polar surface area (TPSA) is 95.8 Å². The van der Waals surface area contributed by atoms with E-state index in [9.17, 15) is 10.2 Å². The predicted octanol–water partition coefficient (Wildman–Crippen LogP) is 7.59. The highest BCUT2D eigenvalue weighted by atomic mass is 28.5. The van der Waals surface area contributed by atoms with Gasteiger partial charge in [-0.05, 0) is 103 Å². The molecule has 0 rings (SSSR count). The summed E-state index contributed by atoms with van der Waals surface area (Å²) in [5.74, 6) is 0.392. The summed E-state index contributed by atoms with van der Waals surface area (Å²) in [4.78, 5) is 0. The molecule has 4 atom stereocenters. The third kappa shape index (κ3) is 17.1. The molecule has 8 nitrogen and oxygen atoms in total. The van der Waals surface area contributed by atoms with E-state index in [1.807, 2.05) is 0 Å². The fourth-order valence-electron chi connectivity index (χ4n) is 5.36. The van der Waals surface area contributed by atoms with E-state index in [4.69, 9.17) is 25.9 Å². The molecule has 0 bridgehead atoms. The Bertz CT molecular complexity index is 709. The molecule has 0 aliphatic heterocycles. The highest BCUT2D eigenvalue weighted by molar-refractivity contribution is 6.89. The van der Waals surface area contributed by atoms with Gasteiger partial charge in [-0.25, -0.2) is 0 Å². The highest BCUT2D eigenvalue weighted by Gasteiger charge is 2.48. The summed E-state index contributed by atoms with van der Waals surface area (Å²) in [5, 5.41) is 20.7. The van der Waals surface area contributed by atoms with Gasteiger partial charge in [0.25, 0.3) is 0 Å². The number of aliphatic hydroxyl groups is 2. The van der Waals surface area contributed by atoms with Crippen LogP contribution in [0.1, 0.15) is 27.7 Å². The first-order chi connectivity index (χ1) is 19.0. The quantitative estimate of drug-likeness (QED) is 0.111. The smallest absolute Gasteiger partial charge is 0.317 e. The van der Waals surface area contributed by atoms with Crippen molar-refractivity contribution in [1.29, 1.82) is 0 Å². The molecule has 0 saturated heterocycles. The molecule has 4 unspecified atom stereocenters. The maximum absolute atomic E-state index is 10.3. The second-order valence-corrected chi connectivity index (χ2v) is 43.3. The Morgan fingerprint density at radius 3 is 0.884 bits per heavy atom. The summed E-state index contributed by atoms with van der Waals surface area (Å²) < 4.78 is 39.5. The van der Waals surface area contributed by atoms with Gasteiger partial charge in [0.2, 0.25) is 0 Å². The van der Waals surface area contributed by atoms with Crippen molar-refractivity contribution in [3.05, 3.63) is 0 Å². The van der Waals surface area contributed by atoms with E-state index in [0.717, 1.165) is 0 Å². The summed E-state index contributed by atoms with van der Waals surface area (Å²) in [6.45, 7) is 40.9. The number of ether oxygens (including phenoxy) is 2. The first-order valence-corrected chi connectivity index (χ1v) is 34.6. The molecule has 0 aromatic rings. The zero-order valence-corrected chi connectivity index (χ0v) is 37.4. The molecule has 0 heterocycles. The molecule has 43 heavy (non-hydrogen) atoms. The third-order valence-corrected chi connectivity index (χ3v) is 28.4. The van der Waals surface area contributed by atoms with E-state index in [-0.39, 0.29) is 49.3 Å². The van der Waals surface area contributed by atoms with Crippen molar-refractivity contribution >= 4 is 50.4 Å². The van der Waals surface area contributed by atoms with Crippen LogP contribution in [0.25, 0.3) is 0 Å². The summed E-state index contributed by atoms with van der Waals surface area (Å²) in [6, 6.07) is 0. The zero-order valence-electron chi connectivity index (χ0n) is 31.4. The standard InChI is InChI=1S/C29H72O8Si6/c1-25(27(3)42(17,34-38(5,6)7)35-39(8,9)10)19-32-23-29(21-30,22-31)24-33-20-26(2)28(4)43(18,36-40(11,12)13)37-41(14,15)16/h25-28,30-31H,19-24H2,1-18H3. The van der Waals surface area contributed by atoms with Crippen LogP contribution >= 0.6 is 0 Å². The average molecular weight is 717 g/mol. The maximum Gasteiger partial charge on any atom is 0.317 e. The van der Waals surface area contributed by atoms with E-state index in [1.54, 1.807) is 0 Å². The van der Waals surface area contributed by atoms with E-state index in [2.05, 4.69) is 119 Å². The minimum atomic E-state index is -2.48. The molecule has 0 aromatic carbocycles. The van der Waals surface area contributed by atoms with Crippen molar-refractivity contribution in [2.75, 3.05) is 39.6 Å². The Morgan fingerprint density at radius 2 is 0.698 bits per heavy atom. The van der Waals surface area contributed by atoms with Crippen LogP contribution in [0.5, 0.6) is 0 Å². The monoisotopic (exact) mass is 716 g/mol. The molecule has 0 spiro atoms. The Kier molecular flexibility index (Phi) is 17.3. The molecule has 2 N–H and O–H groups in total. The van der Waals surface area contributed by atoms with Gasteiger partial charge in [0.15, 0.2) is 33.3 Å². The molecule has 0 amide bonds.